The topological polar surface area (TPSA) is 66.7 Å². The van der Waals surface area contributed by atoms with Crippen LogP contribution in [0.15, 0.2) is 48.7 Å². The first-order valence-corrected chi connectivity index (χ1v) is 10.2. The molecule has 6 heteroatoms. The predicted octanol–water partition coefficient (Wildman–Crippen LogP) is 4.23. The maximum Gasteiger partial charge on any atom is 0.294 e. The first-order chi connectivity index (χ1) is 14.1. The Balaban J connectivity index is 1.95. The van der Waals surface area contributed by atoms with Crippen molar-refractivity contribution in [2.75, 3.05) is 18.0 Å². The fourth-order valence-corrected chi connectivity index (χ4v) is 3.38. The molecule has 6 nitrogen and oxygen atoms in total. The number of imidazole rings is 1. The summed E-state index contributed by atoms with van der Waals surface area (Å²) < 4.78 is 1.70. The molecule has 0 aliphatic carbocycles. The Morgan fingerprint density at radius 2 is 1.93 bits per heavy atom. The van der Waals surface area contributed by atoms with E-state index in [-0.39, 0.29) is 23.3 Å². The van der Waals surface area contributed by atoms with Crippen LogP contribution in [0.5, 0.6) is 0 Å². The molecule has 3 aromatic rings. The molecule has 0 bridgehead atoms. The quantitative estimate of drug-likeness (QED) is 0.584. The third-order valence-corrected chi connectivity index (χ3v) is 4.90. The van der Waals surface area contributed by atoms with Gasteiger partial charge in [-0.05, 0) is 50.1 Å². The van der Waals surface area contributed by atoms with Crippen LogP contribution in [0.1, 0.15) is 59.8 Å². The number of benzene rings is 1. The number of nitrogens with zero attached hydrogens (tertiary/aromatic N) is 3. The van der Waals surface area contributed by atoms with Gasteiger partial charge in [-0.1, -0.05) is 38.0 Å². The minimum Gasteiger partial charge on any atom is -0.351 e. The summed E-state index contributed by atoms with van der Waals surface area (Å²) in [5.41, 5.74) is 2.81. The molecule has 2 aromatic heterocycles. The third-order valence-electron chi connectivity index (χ3n) is 4.90. The molecule has 1 aromatic carbocycles. The lowest BCUT2D eigenvalue weighted by atomic mass is 10.2. The van der Waals surface area contributed by atoms with Gasteiger partial charge in [-0.3, -0.25) is 14.0 Å². The number of nitrogens with one attached hydrogen (secondary N) is 1. The van der Waals surface area contributed by atoms with Gasteiger partial charge >= 0.3 is 0 Å². The van der Waals surface area contributed by atoms with Crippen LogP contribution in [-0.2, 0) is 0 Å². The second kappa shape index (κ2) is 9.37. The van der Waals surface area contributed by atoms with Crippen molar-refractivity contribution >= 4 is 23.0 Å². The van der Waals surface area contributed by atoms with Gasteiger partial charge in [-0.25, -0.2) is 4.98 Å². The summed E-state index contributed by atoms with van der Waals surface area (Å²) in [5, 5.41) is 2.92. The normalized spacial score (nSPS) is 10.9. The molecule has 0 saturated carbocycles. The molecule has 0 radical (unpaired) electrons. The van der Waals surface area contributed by atoms with Crippen molar-refractivity contribution in [2.24, 2.45) is 0 Å². The van der Waals surface area contributed by atoms with Gasteiger partial charge in [0.05, 0.1) is 5.52 Å². The van der Waals surface area contributed by atoms with Crippen molar-refractivity contribution in [1.29, 1.82) is 0 Å². The van der Waals surface area contributed by atoms with Crippen LogP contribution in [0.3, 0.4) is 0 Å². The van der Waals surface area contributed by atoms with Crippen LogP contribution in [0.2, 0.25) is 0 Å². The van der Waals surface area contributed by atoms with Crippen LogP contribution >= 0.6 is 0 Å². The highest BCUT2D eigenvalue weighted by atomic mass is 16.2. The number of aryl methyl sites for hydroxylation is 1. The molecule has 3 rings (SSSR count). The Morgan fingerprint density at radius 1 is 1.10 bits per heavy atom. The van der Waals surface area contributed by atoms with Gasteiger partial charge in [-0.2, -0.15) is 0 Å². The maximum atomic E-state index is 13.3. The van der Waals surface area contributed by atoms with Crippen molar-refractivity contribution in [1.82, 2.24) is 14.7 Å². The van der Waals surface area contributed by atoms with Crippen LogP contribution in [-0.4, -0.2) is 34.3 Å². The van der Waals surface area contributed by atoms with E-state index in [1.807, 2.05) is 56.3 Å². The smallest absolute Gasteiger partial charge is 0.294 e. The Hall–Kier alpha value is -3.15. The predicted molar refractivity (Wildman–Crippen MR) is 116 cm³/mol. The largest absolute Gasteiger partial charge is 0.351 e. The zero-order valence-corrected chi connectivity index (χ0v) is 17.3. The summed E-state index contributed by atoms with van der Waals surface area (Å²) in [4.78, 5) is 32.2. The van der Waals surface area contributed by atoms with Gasteiger partial charge in [0.15, 0.2) is 5.69 Å². The van der Waals surface area contributed by atoms with Crippen LogP contribution < -0.4 is 10.2 Å². The van der Waals surface area contributed by atoms with Crippen LogP contribution in [0.4, 0.5) is 5.69 Å². The molecule has 2 heterocycles. The summed E-state index contributed by atoms with van der Waals surface area (Å²) in [6, 6.07) is 13.3. The van der Waals surface area contributed by atoms with E-state index in [0.717, 1.165) is 30.5 Å². The average molecular weight is 393 g/mol. The number of hydrogen-bond donors (Lipinski definition) is 1. The van der Waals surface area contributed by atoms with E-state index in [2.05, 4.69) is 17.2 Å². The molecule has 29 heavy (non-hydrogen) atoms. The first-order valence-electron chi connectivity index (χ1n) is 10.2. The van der Waals surface area contributed by atoms with Crippen molar-refractivity contribution < 1.29 is 9.59 Å². The van der Waals surface area contributed by atoms with Gasteiger partial charge in [0, 0.05) is 25.0 Å². The summed E-state index contributed by atoms with van der Waals surface area (Å²) in [6.45, 7) is 7.15. The monoisotopic (exact) mass is 392 g/mol. The van der Waals surface area contributed by atoms with E-state index in [1.165, 1.54) is 0 Å². The van der Waals surface area contributed by atoms with Crippen LogP contribution in [0, 0.1) is 6.92 Å². The van der Waals surface area contributed by atoms with Crippen molar-refractivity contribution in [2.45, 2.75) is 40.0 Å². The average Bonchev–Trinajstić information content (AvgIpc) is 3.11. The van der Waals surface area contributed by atoms with Gasteiger partial charge in [0.25, 0.3) is 11.8 Å². The fraction of sp³-hybridized carbons (Fsp3) is 0.348. The second-order valence-electron chi connectivity index (χ2n) is 7.09. The Labute approximate surface area is 171 Å². The number of fused-ring (bicyclic) bond motifs is 1. The van der Waals surface area contributed by atoms with E-state index >= 15 is 0 Å². The zero-order valence-electron chi connectivity index (χ0n) is 17.3. The molecule has 0 spiro atoms. The highest BCUT2D eigenvalue weighted by Gasteiger charge is 2.25. The zero-order chi connectivity index (χ0) is 20.8. The molecule has 152 valence electrons. The van der Waals surface area contributed by atoms with E-state index in [0.29, 0.717) is 18.6 Å². The number of carbonyl (C=O) groups excluding carboxylic acids is 2. The molecule has 0 aliphatic heterocycles. The first kappa shape index (κ1) is 20.6. The van der Waals surface area contributed by atoms with Gasteiger partial charge < -0.3 is 10.2 Å². The number of carbonyl (C=O) groups is 2. The number of aromatic nitrogens is 2. The molecular formula is C23H28N4O2. The molecule has 2 amide bonds. The highest BCUT2D eigenvalue weighted by Crippen LogP contribution is 2.20. The molecule has 0 unspecified atom stereocenters. The lowest BCUT2D eigenvalue weighted by molar-refractivity contribution is 0.0950. The number of amides is 2. The SMILES string of the molecule is CCCCCNC(=O)c1nc(C(=O)N(CC)c2cccc(C)c2)n2ccccc12. The number of pyridine rings is 1. The maximum absolute atomic E-state index is 13.3. The summed E-state index contributed by atoms with van der Waals surface area (Å²) in [5.74, 6) is -0.241. The van der Waals surface area contributed by atoms with Crippen LogP contribution in [0.25, 0.3) is 5.52 Å². The Bertz CT molecular complexity index is 1010. The molecular weight excluding hydrogens is 364 g/mol. The van der Waals surface area contributed by atoms with Gasteiger partial charge in [0.1, 0.15) is 0 Å². The van der Waals surface area contributed by atoms with Crippen molar-refractivity contribution in [3.63, 3.8) is 0 Å². The Kier molecular flexibility index (Phi) is 6.65. The highest BCUT2D eigenvalue weighted by molar-refractivity contribution is 6.07. The van der Waals surface area contributed by atoms with Gasteiger partial charge in [-0.15, -0.1) is 0 Å². The lowest BCUT2D eigenvalue weighted by Crippen LogP contribution is -2.32. The van der Waals surface area contributed by atoms with E-state index in [9.17, 15) is 9.59 Å². The minimum atomic E-state index is -0.248. The second-order valence-corrected chi connectivity index (χ2v) is 7.09. The number of anilines is 1. The third kappa shape index (κ3) is 4.47. The molecule has 1 N–H and O–H groups in total. The van der Waals surface area contributed by atoms with E-state index in [1.54, 1.807) is 15.5 Å². The molecule has 0 atom stereocenters. The van der Waals surface area contributed by atoms with E-state index < -0.39 is 0 Å². The van der Waals surface area contributed by atoms with Crippen molar-refractivity contribution in [3.8, 4) is 0 Å². The standard InChI is InChI=1S/C23H28N4O2/c1-4-6-8-14-24-22(28)20-19-13-7-9-15-27(19)21(25-20)23(29)26(5-2)18-12-10-11-17(3)16-18/h7,9-13,15-16H,4-6,8,14H2,1-3H3,(H,24,28). The Morgan fingerprint density at radius 3 is 2.66 bits per heavy atom. The number of rotatable bonds is 8. The van der Waals surface area contributed by atoms with E-state index in [4.69, 9.17) is 0 Å². The van der Waals surface area contributed by atoms with Gasteiger partial charge in [0.2, 0.25) is 5.82 Å². The fourth-order valence-electron chi connectivity index (χ4n) is 3.38. The summed E-state index contributed by atoms with van der Waals surface area (Å²) in [6.07, 6.45) is 4.86. The summed E-state index contributed by atoms with van der Waals surface area (Å²) in [7, 11) is 0. The lowest BCUT2D eigenvalue weighted by Gasteiger charge is -2.20. The van der Waals surface area contributed by atoms with Crippen molar-refractivity contribution in [3.05, 3.63) is 65.7 Å². The minimum absolute atomic E-state index is 0.232. The number of hydrogen-bond acceptors (Lipinski definition) is 3. The number of unbranched alkanes of at least 4 members (excludes halogenated alkanes) is 2. The molecule has 0 saturated heterocycles. The molecule has 0 aliphatic rings. The molecule has 0 fully saturated rings. The summed E-state index contributed by atoms with van der Waals surface area (Å²) >= 11 is 0.